The van der Waals surface area contributed by atoms with Gasteiger partial charge in [0.25, 0.3) is 0 Å². The Bertz CT molecular complexity index is 923. The highest BCUT2D eigenvalue weighted by molar-refractivity contribution is 6.04. The van der Waals surface area contributed by atoms with Crippen molar-refractivity contribution in [2.24, 2.45) is 0 Å². The third-order valence-corrected chi connectivity index (χ3v) is 4.70. The molecule has 0 fully saturated rings. The maximum Gasteiger partial charge on any atom is 0.199 e. The Morgan fingerprint density at radius 2 is 1.52 bits per heavy atom. The zero-order valence-corrected chi connectivity index (χ0v) is 16.7. The molecule has 0 N–H and O–H groups in total. The van der Waals surface area contributed by atoms with E-state index in [1.165, 1.54) is 28.1 Å². The fourth-order valence-electron chi connectivity index (χ4n) is 3.13. The number of hydrogen-bond donors (Lipinski definition) is 0. The maximum absolute atomic E-state index is 5.45. The molecule has 0 saturated carbocycles. The Labute approximate surface area is 162 Å². The number of rotatable bonds is 4. The van der Waals surface area contributed by atoms with Crippen LogP contribution in [0.1, 0.15) is 11.1 Å². The molecular weight excluding hydrogens is 332 g/mol. The van der Waals surface area contributed by atoms with Crippen molar-refractivity contribution < 1.29 is 9.31 Å². The summed E-state index contributed by atoms with van der Waals surface area (Å²) in [5.74, 6) is 0.861. The summed E-state index contributed by atoms with van der Waals surface area (Å²) in [6.07, 6.45) is 8.68. The second-order valence-corrected chi connectivity index (χ2v) is 6.99. The lowest BCUT2D eigenvalue weighted by Crippen LogP contribution is -2.10. The summed E-state index contributed by atoms with van der Waals surface area (Å²) in [7, 11) is 9.93. The molecule has 0 bridgehead atoms. The maximum atomic E-state index is 5.45. The number of ether oxygens (including phenoxy) is 1. The van der Waals surface area contributed by atoms with Crippen LogP contribution in [0.5, 0.6) is 5.75 Å². The van der Waals surface area contributed by atoms with E-state index in [0.29, 0.717) is 0 Å². The van der Waals surface area contributed by atoms with Crippen LogP contribution in [0.25, 0.3) is 5.57 Å². The molecule has 2 aromatic rings. The van der Waals surface area contributed by atoms with Gasteiger partial charge in [-0.15, -0.1) is 0 Å². The van der Waals surface area contributed by atoms with Gasteiger partial charge < -0.3 is 9.64 Å². The molecule has 0 spiro atoms. The summed E-state index contributed by atoms with van der Waals surface area (Å²) in [5.41, 5.74) is 7.09. The van der Waals surface area contributed by atoms with Crippen LogP contribution in [0.4, 0.5) is 5.69 Å². The fourth-order valence-corrected chi connectivity index (χ4v) is 3.13. The summed E-state index contributed by atoms with van der Waals surface area (Å²) in [6.45, 7) is 0. The molecular formula is C24H27N2O+. The Balaban J connectivity index is 2.16. The van der Waals surface area contributed by atoms with Crippen LogP contribution in [0.15, 0.2) is 78.4 Å². The molecule has 0 amide bonds. The molecule has 1 aliphatic carbocycles. The molecule has 0 heterocycles. The predicted molar refractivity (Wildman–Crippen MR) is 115 cm³/mol. The SMILES string of the molecule is COc1cccc(C(=C2C=CC(=[N+](C)C)C=C2)c2ccc(N(C)C)cc2)c1. The molecule has 0 unspecified atom stereocenters. The minimum atomic E-state index is 0.861. The van der Waals surface area contributed by atoms with E-state index < -0.39 is 0 Å². The lowest BCUT2D eigenvalue weighted by atomic mass is 9.90. The van der Waals surface area contributed by atoms with Crippen molar-refractivity contribution >= 4 is 17.0 Å². The molecule has 138 valence electrons. The van der Waals surface area contributed by atoms with E-state index >= 15 is 0 Å². The molecule has 3 heteroatoms. The topological polar surface area (TPSA) is 15.5 Å². The summed E-state index contributed by atoms with van der Waals surface area (Å²) in [6, 6.07) is 16.9. The van der Waals surface area contributed by atoms with Crippen molar-refractivity contribution in [3.05, 3.63) is 89.5 Å². The van der Waals surface area contributed by atoms with Gasteiger partial charge in [-0.25, -0.2) is 4.58 Å². The number of hydrogen-bond acceptors (Lipinski definition) is 2. The summed E-state index contributed by atoms with van der Waals surface area (Å²) in [4.78, 5) is 2.11. The van der Waals surface area contributed by atoms with Gasteiger partial charge >= 0.3 is 0 Å². The van der Waals surface area contributed by atoms with Gasteiger partial charge in [0.1, 0.15) is 19.8 Å². The van der Waals surface area contributed by atoms with Gasteiger partial charge in [0, 0.05) is 31.9 Å². The van der Waals surface area contributed by atoms with E-state index in [-0.39, 0.29) is 0 Å². The third kappa shape index (κ3) is 4.20. The second kappa shape index (κ2) is 8.09. The van der Waals surface area contributed by atoms with Gasteiger partial charge in [0.15, 0.2) is 5.71 Å². The number of methoxy groups -OCH3 is 1. The lowest BCUT2D eigenvalue weighted by molar-refractivity contribution is -0.462. The van der Waals surface area contributed by atoms with Gasteiger partial charge in [-0.05, 0) is 58.7 Å². The molecule has 3 nitrogen and oxygen atoms in total. The highest BCUT2D eigenvalue weighted by atomic mass is 16.5. The Morgan fingerprint density at radius 3 is 2.07 bits per heavy atom. The van der Waals surface area contributed by atoms with Crippen molar-refractivity contribution in [2.75, 3.05) is 40.2 Å². The summed E-state index contributed by atoms with van der Waals surface area (Å²) in [5, 5.41) is 0. The van der Waals surface area contributed by atoms with Crippen molar-refractivity contribution in [3.63, 3.8) is 0 Å². The Kier molecular flexibility index (Phi) is 5.60. The molecule has 0 radical (unpaired) electrons. The minimum absolute atomic E-state index is 0.861. The van der Waals surface area contributed by atoms with Gasteiger partial charge in [-0.1, -0.05) is 24.3 Å². The van der Waals surface area contributed by atoms with E-state index in [4.69, 9.17) is 4.74 Å². The zero-order valence-electron chi connectivity index (χ0n) is 16.7. The van der Waals surface area contributed by atoms with Crippen LogP contribution < -0.4 is 9.64 Å². The Hall–Kier alpha value is -3.07. The van der Waals surface area contributed by atoms with E-state index in [2.05, 4.69) is 98.4 Å². The normalized spacial score (nSPS) is 12.9. The standard InChI is InChI=1S/C24H27N2O/c1-25(2)21-13-9-18(10-14-21)24(20-7-6-8-23(17-20)27-5)19-11-15-22(16-12-19)26(3)4/h6-17H,1-5H3/q+1. The zero-order chi connectivity index (χ0) is 19.4. The van der Waals surface area contributed by atoms with E-state index in [9.17, 15) is 0 Å². The quantitative estimate of drug-likeness (QED) is 0.752. The summed E-state index contributed by atoms with van der Waals surface area (Å²) < 4.78 is 7.56. The molecule has 2 aromatic carbocycles. The van der Waals surface area contributed by atoms with Crippen LogP contribution >= 0.6 is 0 Å². The number of nitrogens with zero attached hydrogens (tertiary/aromatic N) is 2. The van der Waals surface area contributed by atoms with Gasteiger partial charge in [-0.3, -0.25) is 0 Å². The predicted octanol–water partition coefficient (Wildman–Crippen LogP) is 4.40. The first-order valence-corrected chi connectivity index (χ1v) is 9.06. The number of benzene rings is 2. The largest absolute Gasteiger partial charge is 0.497 e. The molecule has 27 heavy (non-hydrogen) atoms. The molecule has 3 rings (SSSR count). The monoisotopic (exact) mass is 359 g/mol. The first kappa shape index (κ1) is 18.7. The van der Waals surface area contributed by atoms with Crippen LogP contribution in [-0.4, -0.2) is 45.6 Å². The van der Waals surface area contributed by atoms with E-state index in [1.54, 1.807) is 7.11 Å². The van der Waals surface area contributed by atoms with Crippen LogP contribution in [0, 0.1) is 0 Å². The van der Waals surface area contributed by atoms with Crippen molar-refractivity contribution in [3.8, 4) is 5.75 Å². The van der Waals surface area contributed by atoms with E-state index in [0.717, 1.165) is 11.3 Å². The van der Waals surface area contributed by atoms with Crippen LogP contribution in [0.2, 0.25) is 0 Å². The number of allylic oxidation sites excluding steroid dienone is 5. The summed E-state index contributed by atoms with van der Waals surface area (Å²) >= 11 is 0. The lowest BCUT2D eigenvalue weighted by Gasteiger charge is -2.17. The minimum Gasteiger partial charge on any atom is -0.497 e. The van der Waals surface area contributed by atoms with Crippen molar-refractivity contribution in [1.82, 2.24) is 0 Å². The third-order valence-electron chi connectivity index (χ3n) is 4.70. The van der Waals surface area contributed by atoms with Crippen molar-refractivity contribution in [2.45, 2.75) is 0 Å². The van der Waals surface area contributed by atoms with Gasteiger partial charge in [0.2, 0.25) is 0 Å². The number of anilines is 1. The highest BCUT2D eigenvalue weighted by Crippen LogP contribution is 2.32. The van der Waals surface area contributed by atoms with Gasteiger partial charge in [-0.2, -0.15) is 0 Å². The van der Waals surface area contributed by atoms with Gasteiger partial charge in [0.05, 0.1) is 7.11 Å². The average molecular weight is 359 g/mol. The smallest absolute Gasteiger partial charge is 0.199 e. The molecule has 0 atom stereocenters. The molecule has 1 aliphatic rings. The fraction of sp³-hybridized carbons (Fsp3) is 0.208. The highest BCUT2D eigenvalue weighted by Gasteiger charge is 2.14. The van der Waals surface area contributed by atoms with E-state index in [1.807, 2.05) is 12.1 Å². The molecule has 0 saturated heterocycles. The van der Waals surface area contributed by atoms with Crippen LogP contribution in [-0.2, 0) is 0 Å². The Morgan fingerprint density at radius 1 is 0.852 bits per heavy atom. The second-order valence-electron chi connectivity index (χ2n) is 6.99. The average Bonchev–Trinajstić information content (AvgIpc) is 2.69. The first-order valence-electron chi connectivity index (χ1n) is 9.06. The first-order chi connectivity index (χ1) is 13.0. The molecule has 0 aliphatic heterocycles. The van der Waals surface area contributed by atoms with Crippen LogP contribution in [0.3, 0.4) is 0 Å². The van der Waals surface area contributed by atoms with Crippen molar-refractivity contribution in [1.29, 1.82) is 0 Å². The molecule has 0 aromatic heterocycles.